The molecular formula is C16H25N3O2S. The zero-order valence-corrected chi connectivity index (χ0v) is 14.3. The molecule has 2 atom stereocenters. The first kappa shape index (κ1) is 17.0. The molecule has 0 spiro atoms. The van der Waals surface area contributed by atoms with Crippen LogP contribution in [0.3, 0.4) is 0 Å². The molecule has 0 aromatic carbocycles. The van der Waals surface area contributed by atoms with Crippen molar-refractivity contribution in [2.75, 3.05) is 13.1 Å². The van der Waals surface area contributed by atoms with Gasteiger partial charge in [-0.3, -0.25) is 15.0 Å². The summed E-state index contributed by atoms with van der Waals surface area (Å²) in [6, 6.07) is 3.74. The number of rotatable bonds is 5. The number of carbonyl (C=O) groups is 2. The summed E-state index contributed by atoms with van der Waals surface area (Å²) in [5.74, 6) is 0.129. The van der Waals surface area contributed by atoms with Crippen molar-refractivity contribution in [3.8, 4) is 0 Å². The van der Waals surface area contributed by atoms with Gasteiger partial charge in [-0.1, -0.05) is 19.9 Å². The van der Waals surface area contributed by atoms with E-state index in [9.17, 15) is 9.59 Å². The van der Waals surface area contributed by atoms with Crippen LogP contribution in [0.15, 0.2) is 17.5 Å². The summed E-state index contributed by atoms with van der Waals surface area (Å²) in [4.78, 5) is 27.5. The summed E-state index contributed by atoms with van der Waals surface area (Å²) in [7, 11) is 0. The van der Waals surface area contributed by atoms with Crippen LogP contribution in [0.2, 0.25) is 0 Å². The highest BCUT2D eigenvalue weighted by Gasteiger charge is 2.33. The Morgan fingerprint density at radius 2 is 2.18 bits per heavy atom. The molecule has 0 bridgehead atoms. The lowest BCUT2D eigenvalue weighted by Gasteiger charge is -2.29. The largest absolute Gasteiger partial charge is 0.338 e. The summed E-state index contributed by atoms with van der Waals surface area (Å²) in [5, 5.41) is 7.23. The third-order valence-electron chi connectivity index (χ3n) is 3.95. The SMILES string of the molecule is CC(C)CNC(=O)NC(=O)C(C)N1CCCC1c1cccs1. The second kappa shape index (κ2) is 7.74. The van der Waals surface area contributed by atoms with Gasteiger partial charge < -0.3 is 5.32 Å². The molecule has 1 aromatic rings. The Balaban J connectivity index is 1.91. The molecule has 2 rings (SSSR count). The molecule has 2 heterocycles. The van der Waals surface area contributed by atoms with Gasteiger partial charge >= 0.3 is 6.03 Å². The Bertz CT molecular complexity index is 501. The number of imide groups is 1. The van der Waals surface area contributed by atoms with E-state index in [2.05, 4.69) is 27.0 Å². The van der Waals surface area contributed by atoms with E-state index in [1.807, 2.05) is 26.8 Å². The minimum absolute atomic E-state index is 0.232. The van der Waals surface area contributed by atoms with Crippen molar-refractivity contribution in [2.24, 2.45) is 5.92 Å². The first-order chi connectivity index (χ1) is 10.5. The number of urea groups is 1. The van der Waals surface area contributed by atoms with E-state index < -0.39 is 6.03 Å². The number of thiophene rings is 1. The topological polar surface area (TPSA) is 61.4 Å². The molecular weight excluding hydrogens is 298 g/mol. The molecule has 1 saturated heterocycles. The van der Waals surface area contributed by atoms with Gasteiger partial charge in [0.15, 0.2) is 0 Å². The van der Waals surface area contributed by atoms with Gasteiger partial charge in [-0.15, -0.1) is 11.3 Å². The maximum Gasteiger partial charge on any atom is 0.321 e. The molecule has 1 fully saturated rings. The van der Waals surface area contributed by atoms with E-state index in [0.717, 1.165) is 19.4 Å². The van der Waals surface area contributed by atoms with Crippen LogP contribution in [0.4, 0.5) is 4.79 Å². The van der Waals surface area contributed by atoms with Gasteiger partial charge in [-0.2, -0.15) is 0 Å². The van der Waals surface area contributed by atoms with Crippen LogP contribution in [0.1, 0.15) is 44.5 Å². The molecule has 2 N–H and O–H groups in total. The molecule has 122 valence electrons. The lowest BCUT2D eigenvalue weighted by molar-refractivity contribution is -0.125. The number of hydrogen-bond acceptors (Lipinski definition) is 4. The van der Waals surface area contributed by atoms with Gasteiger partial charge in [0.25, 0.3) is 0 Å². The highest BCUT2D eigenvalue weighted by Crippen LogP contribution is 2.35. The monoisotopic (exact) mass is 323 g/mol. The summed E-state index contributed by atoms with van der Waals surface area (Å²) >= 11 is 1.73. The number of carbonyl (C=O) groups excluding carboxylic acids is 2. The first-order valence-corrected chi connectivity index (χ1v) is 8.75. The Kier molecular flexibility index (Phi) is 5.97. The van der Waals surface area contributed by atoms with Crippen LogP contribution >= 0.6 is 11.3 Å². The predicted molar refractivity (Wildman–Crippen MR) is 88.8 cm³/mol. The van der Waals surface area contributed by atoms with Gasteiger partial charge in [0.1, 0.15) is 0 Å². The summed E-state index contributed by atoms with van der Waals surface area (Å²) in [5.41, 5.74) is 0. The van der Waals surface area contributed by atoms with Crippen molar-refractivity contribution in [2.45, 2.75) is 45.7 Å². The normalized spacial score (nSPS) is 20.1. The lowest BCUT2D eigenvalue weighted by atomic mass is 10.1. The number of hydrogen-bond donors (Lipinski definition) is 2. The van der Waals surface area contributed by atoms with Gasteiger partial charge in [-0.05, 0) is 43.7 Å². The second-order valence-corrected chi connectivity index (χ2v) is 7.16. The summed E-state index contributed by atoms with van der Waals surface area (Å²) < 4.78 is 0. The smallest absolute Gasteiger partial charge is 0.321 e. The maximum atomic E-state index is 12.3. The maximum absolute atomic E-state index is 12.3. The Morgan fingerprint density at radius 1 is 1.41 bits per heavy atom. The van der Waals surface area contributed by atoms with E-state index in [0.29, 0.717) is 18.5 Å². The number of nitrogens with zero attached hydrogens (tertiary/aromatic N) is 1. The van der Waals surface area contributed by atoms with Crippen LogP contribution in [-0.2, 0) is 4.79 Å². The van der Waals surface area contributed by atoms with E-state index in [-0.39, 0.29) is 11.9 Å². The van der Waals surface area contributed by atoms with Crippen molar-refractivity contribution >= 4 is 23.3 Å². The van der Waals surface area contributed by atoms with E-state index >= 15 is 0 Å². The van der Waals surface area contributed by atoms with Crippen LogP contribution in [0.25, 0.3) is 0 Å². The second-order valence-electron chi connectivity index (χ2n) is 6.18. The average molecular weight is 323 g/mol. The molecule has 0 saturated carbocycles. The third kappa shape index (κ3) is 4.30. The highest BCUT2D eigenvalue weighted by molar-refractivity contribution is 7.10. The number of likely N-dealkylation sites (tertiary alicyclic amines) is 1. The number of nitrogens with one attached hydrogen (secondary N) is 2. The number of amides is 3. The molecule has 22 heavy (non-hydrogen) atoms. The Labute approximate surface area is 136 Å². The molecule has 3 amide bonds. The molecule has 5 nitrogen and oxygen atoms in total. The van der Waals surface area contributed by atoms with Crippen LogP contribution in [0.5, 0.6) is 0 Å². The van der Waals surface area contributed by atoms with E-state index in [1.54, 1.807) is 11.3 Å². The third-order valence-corrected chi connectivity index (χ3v) is 4.92. The molecule has 1 aliphatic rings. The van der Waals surface area contributed by atoms with Gasteiger partial charge in [0.05, 0.1) is 6.04 Å². The molecule has 0 aliphatic carbocycles. The van der Waals surface area contributed by atoms with Crippen molar-refractivity contribution < 1.29 is 9.59 Å². The Hall–Kier alpha value is -1.40. The fraction of sp³-hybridized carbons (Fsp3) is 0.625. The predicted octanol–water partition coefficient (Wildman–Crippen LogP) is 2.76. The highest BCUT2D eigenvalue weighted by atomic mass is 32.1. The zero-order chi connectivity index (χ0) is 16.1. The fourth-order valence-electron chi connectivity index (χ4n) is 2.75. The fourth-order valence-corrected chi connectivity index (χ4v) is 3.63. The van der Waals surface area contributed by atoms with Crippen molar-refractivity contribution in [3.63, 3.8) is 0 Å². The lowest BCUT2D eigenvalue weighted by Crippen LogP contribution is -2.49. The standard InChI is InChI=1S/C16H25N3O2S/c1-11(2)10-17-16(21)18-15(20)12(3)19-8-4-6-13(19)14-7-5-9-22-14/h5,7,9,11-13H,4,6,8,10H2,1-3H3,(H2,17,18,20,21). The molecule has 1 aliphatic heterocycles. The van der Waals surface area contributed by atoms with E-state index in [1.165, 1.54) is 4.88 Å². The summed E-state index contributed by atoms with van der Waals surface area (Å²) in [6.07, 6.45) is 2.15. The minimum Gasteiger partial charge on any atom is -0.338 e. The van der Waals surface area contributed by atoms with Crippen molar-refractivity contribution in [3.05, 3.63) is 22.4 Å². The van der Waals surface area contributed by atoms with Crippen LogP contribution in [0, 0.1) is 5.92 Å². The summed E-state index contributed by atoms with van der Waals surface area (Å²) in [6.45, 7) is 7.36. The molecule has 1 aromatic heterocycles. The van der Waals surface area contributed by atoms with Crippen molar-refractivity contribution in [1.29, 1.82) is 0 Å². The zero-order valence-electron chi connectivity index (χ0n) is 13.5. The molecule has 2 unspecified atom stereocenters. The van der Waals surface area contributed by atoms with E-state index in [4.69, 9.17) is 0 Å². The Morgan fingerprint density at radius 3 is 2.82 bits per heavy atom. The minimum atomic E-state index is -0.405. The molecule has 6 heteroatoms. The molecule has 0 radical (unpaired) electrons. The van der Waals surface area contributed by atoms with Crippen LogP contribution < -0.4 is 10.6 Å². The average Bonchev–Trinajstić information content (AvgIpc) is 3.14. The van der Waals surface area contributed by atoms with Gasteiger partial charge in [-0.25, -0.2) is 4.79 Å². The first-order valence-electron chi connectivity index (χ1n) is 7.87. The van der Waals surface area contributed by atoms with Crippen molar-refractivity contribution in [1.82, 2.24) is 15.5 Å². The van der Waals surface area contributed by atoms with Gasteiger partial charge in [0, 0.05) is 17.5 Å². The van der Waals surface area contributed by atoms with Crippen LogP contribution in [-0.4, -0.2) is 36.0 Å². The quantitative estimate of drug-likeness (QED) is 0.876. The van der Waals surface area contributed by atoms with Gasteiger partial charge in [0.2, 0.25) is 5.91 Å².